The van der Waals surface area contributed by atoms with Crippen LogP contribution in [0.5, 0.6) is 0 Å². The average Bonchev–Trinajstić information content (AvgIpc) is 3.16. The van der Waals surface area contributed by atoms with Crippen LogP contribution in [-0.4, -0.2) is 33.2 Å². The van der Waals surface area contributed by atoms with Crippen LogP contribution < -0.4 is 0 Å². The molecule has 2 aromatic rings. The molecule has 24 heavy (non-hydrogen) atoms. The highest BCUT2D eigenvalue weighted by Gasteiger charge is 2.32. The predicted molar refractivity (Wildman–Crippen MR) is 84.6 cm³/mol. The molecule has 1 aliphatic rings. The zero-order chi connectivity index (χ0) is 17.3. The number of H-pyrrole nitrogens is 1. The van der Waals surface area contributed by atoms with Crippen LogP contribution in [0.4, 0.5) is 13.2 Å². The molecule has 0 unspecified atom stereocenters. The quantitative estimate of drug-likeness (QED) is 0.918. The summed E-state index contributed by atoms with van der Waals surface area (Å²) in [6.45, 7) is 6.30. The van der Waals surface area contributed by atoms with Gasteiger partial charge in [0, 0.05) is 12.5 Å². The summed E-state index contributed by atoms with van der Waals surface area (Å²) in [6, 6.07) is 5.68. The highest BCUT2D eigenvalue weighted by Crippen LogP contribution is 2.34. The summed E-state index contributed by atoms with van der Waals surface area (Å²) < 4.78 is 38.6. The molecule has 2 heterocycles. The predicted octanol–water partition coefficient (Wildman–Crippen LogP) is 3.94. The summed E-state index contributed by atoms with van der Waals surface area (Å²) in [4.78, 5) is 6.66. The molecule has 0 amide bonds. The minimum Gasteiger partial charge on any atom is -0.295 e. The van der Waals surface area contributed by atoms with Gasteiger partial charge in [0.05, 0.1) is 12.1 Å². The fraction of sp³-hybridized carbons (Fsp3) is 0.529. The van der Waals surface area contributed by atoms with E-state index in [4.69, 9.17) is 0 Å². The van der Waals surface area contributed by atoms with Gasteiger partial charge in [-0.15, -0.1) is 0 Å². The van der Waals surface area contributed by atoms with E-state index in [1.54, 1.807) is 6.07 Å². The second-order valence-corrected chi connectivity index (χ2v) is 6.64. The summed E-state index contributed by atoms with van der Waals surface area (Å²) in [6.07, 6.45) is -3.44. The third kappa shape index (κ3) is 3.77. The van der Waals surface area contributed by atoms with Gasteiger partial charge in [-0.1, -0.05) is 32.0 Å². The van der Waals surface area contributed by atoms with Crippen molar-refractivity contribution in [1.82, 2.24) is 20.1 Å². The second kappa shape index (κ2) is 6.55. The lowest BCUT2D eigenvalue weighted by Crippen LogP contribution is -2.20. The smallest absolute Gasteiger partial charge is 0.295 e. The van der Waals surface area contributed by atoms with Gasteiger partial charge in [0.2, 0.25) is 0 Å². The largest absolute Gasteiger partial charge is 0.416 e. The van der Waals surface area contributed by atoms with Crippen molar-refractivity contribution in [2.24, 2.45) is 0 Å². The molecule has 4 nitrogen and oxygen atoms in total. The first kappa shape index (κ1) is 17.0. The van der Waals surface area contributed by atoms with Crippen LogP contribution in [0.25, 0.3) is 0 Å². The Balaban J connectivity index is 1.65. The standard InChI is InChI=1S/C17H21F3N4/c1-11(2)16-21-15(22-23-16)10-24-7-6-13(9-24)12-4-3-5-14(8-12)17(18,19)20/h3-5,8,11,13H,6-7,9-10H2,1-2H3,(H,21,22,23)/t13-/m1/s1. The van der Waals surface area contributed by atoms with Gasteiger partial charge in [-0.05, 0) is 30.5 Å². The van der Waals surface area contributed by atoms with E-state index in [1.807, 2.05) is 13.8 Å². The number of benzene rings is 1. The number of hydrogen-bond donors (Lipinski definition) is 1. The van der Waals surface area contributed by atoms with Crippen LogP contribution in [0.3, 0.4) is 0 Å². The third-order valence-corrected chi connectivity index (χ3v) is 4.40. The molecule has 1 N–H and O–H groups in total. The Morgan fingerprint density at radius 2 is 2.12 bits per heavy atom. The van der Waals surface area contributed by atoms with Crippen molar-refractivity contribution in [3.63, 3.8) is 0 Å². The first-order chi connectivity index (χ1) is 11.3. The number of aromatic amines is 1. The second-order valence-electron chi connectivity index (χ2n) is 6.64. The Labute approximate surface area is 139 Å². The van der Waals surface area contributed by atoms with Gasteiger partial charge in [-0.25, -0.2) is 4.98 Å². The molecule has 0 bridgehead atoms. The highest BCUT2D eigenvalue weighted by atomic mass is 19.4. The SMILES string of the molecule is CC(C)c1n[nH]c(CN2CC[C@@H](c3cccc(C(F)(F)F)c3)C2)n1. The minimum atomic E-state index is -4.29. The van der Waals surface area contributed by atoms with Crippen molar-refractivity contribution in [3.05, 3.63) is 47.0 Å². The van der Waals surface area contributed by atoms with E-state index in [9.17, 15) is 13.2 Å². The summed E-state index contributed by atoms with van der Waals surface area (Å²) in [7, 11) is 0. The molecule has 0 radical (unpaired) electrons. The van der Waals surface area contributed by atoms with Crippen LogP contribution in [0.1, 0.15) is 54.9 Å². The first-order valence-corrected chi connectivity index (χ1v) is 8.13. The van der Waals surface area contributed by atoms with Crippen molar-refractivity contribution in [2.45, 2.75) is 44.8 Å². The Kier molecular flexibility index (Phi) is 4.62. The number of rotatable bonds is 4. The number of likely N-dealkylation sites (tertiary alicyclic amines) is 1. The Morgan fingerprint density at radius 3 is 2.79 bits per heavy atom. The zero-order valence-electron chi connectivity index (χ0n) is 13.8. The van der Waals surface area contributed by atoms with E-state index < -0.39 is 11.7 Å². The molecule has 7 heteroatoms. The van der Waals surface area contributed by atoms with Crippen LogP contribution in [-0.2, 0) is 12.7 Å². The van der Waals surface area contributed by atoms with Crippen LogP contribution >= 0.6 is 0 Å². The van der Waals surface area contributed by atoms with Crippen molar-refractivity contribution in [3.8, 4) is 0 Å². The lowest BCUT2D eigenvalue weighted by molar-refractivity contribution is -0.137. The van der Waals surface area contributed by atoms with Crippen molar-refractivity contribution in [2.75, 3.05) is 13.1 Å². The number of nitrogens with one attached hydrogen (secondary N) is 1. The van der Waals surface area contributed by atoms with Gasteiger partial charge in [0.25, 0.3) is 0 Å². The topological polar surface area (TPSA) is 44.8 Å². The molecule has 1 fully saturated rings. The number of aromatic nitrogens is 3. The molecule has 0 saturated carbocycles. The Bertz CT molecular complexity index is 693. The molecule has 130 valence electrons. The fourth-order valence-electron chi connectivity index (χ4n) is 3.07. The van der Waals surface area contributed by atoms with Crippen molar-refractivity contribution in [1.29, 1.82) is 0 Å². The summed E-state index contributed by atoms with van der Waals surface area (Å²) >= 11 is 0. The molecule has 0 aliphatic carbocycles. The van der Waals surface area contributed by atoms with Gasteiger partial charge in [-0.3, -0.25) is 10.00 Å². The van der Waals surface area contributed by atoms with E-state index >= 15 is 0 Å². The normalized spacial score (nSPS) is 19.3. The summed E-state index contributed by atoms with van der Waals surface area (Å²) in [5, 5.41) is 7.13. The number of halogens is 3. The lowest BCUT2D eigenvalue weighted by Gasteiger charge is -2.15. The van der Waals surface area contributed by atoms with Gasteiger partial charge >= 0.3 is 6.18 Å². The average molecular weight is 338 g/mol. The highest BCUT2D eigenvalue weighted by molar-refractivity contribution is 5.29. The zero-order valence-corrected chi connectivity index (χ0v) is 13.8. The van der Waals surface area contributed by atoms with E-state index in [0.717, 1.165) is 42.8 Å². The molecule has 1 aromatic heterocycles. The Morgan fingerprint density at radius 1 is 1.33 bits per heavy atom. The van der Waals surface area contributed by atoms with Crippen LogP contribution in [0.2, 0.25) is 0 Å². The molecular formula is C17H21F3N4. The maximum absolute atomic E-state index is 12.9. The monoisotopic (exact) mass is 338 g/mol. The third-order valence-electron chi connectivity index (χ3n) is 4.40. The Hall–Kier alpha value is -1.89. The van der Waals surface area contributed by atoms with E-state index in [1.165, 1.54) is 12.1 Å². The molecule has 1 saturated heterocycles. The molecule has 1 atom stereocenters. The number of nitrogens with zero attached hydrogens (tertiary/aromatic N) is 3. The van der Waals surface area contributed by atoms with Crippen LogP contribution in [0.15, 0.2) is 24.3 Å². The molecule has 0 spiro atoms. The van der Waals surface area contributed by atoms with E-state index in [0.29, 0.717) is 6.54 Å². The maximum Gasteiger partial charge on any atom is 0.416 e. The number of alkyl halides is 3. The summed E-state index contributed by atoms with van der Waals surface area (Å²) in [5.41, 5.74) is 0.183. The molecule has 1 aromatic carbocycles. The van der Waals surface area contributed by atoms with Gasteiger partial charge in [-0.2, -0.15) is 18.3 Å². The maximum atomic E-state index is 12.9. The molecule has 3 rings (SSSR count). The number of hydrogen-bond acceptors (Lipinski definition) is 3. The minimum absolute atomic E-state index is 0.125. The molecular weight excluding hydrogens is 317 g/mol. The van der Waals surface area contributed by atoms with E-state index in [2.05, 4.69) is 20.1 Å². The van der Waals surface area contributed by atoms with E-state index in [-0.39, 0.29) is 11.8 Å². The lowest BCUT2D eigenvalue weighted by atomic mass is 9.96. The van der Waals surface area contributed by atoms with Crippen molar-refractivity contribution < 1.29 is 13.2 Å². The van der Waals surface area contributed by atoms with Gasteiger partial charge < -0.3 is 0 Å². The van der Waals surface area contributed by atoms with Gasteiger partial charge in [0.1, 0.15) is 5.82 Å². The summed E-state index contributed by atoms with van der Waals surface area (Å²) in [5.74, 6) is 1.99. The fourth-order valence-corrected chi connectivity index (χ4v) is 3.07. The first-order valence-electron chi connectivity index (χ1n) is 8.13. The molecule has 1 aliphatic heterocycles. The van der Waals surface area contributed by atoms with Crippen molar-refractivity contribution >= 4 is 0 Å². The van der Waals surface area contributed by atoms with Gasteiger partial charge in [0.15, 0.2) is 5.82 Å². The van der Waals surface area contributed by atoms with Crippen LogP contribution in [0, 0.1) is 0 Å².